The monoisotopic (exact) mass is 490 g/mol. The standard InChI is InChI=1S/C30H55N3O2/c1-2-3-4-5-6-7-8-9-10-11-12-13-14-15-16-17-18-19-20-21-22-23-29-32-25-27-33(29,26-24-31)28-30(34)35/h5-6,25,27H,2-4,7-24,26,28,31H2,1H3/p+1/b6-5+. The van der Waals surface area contributed by atoms with Crippen LogP contribution >= 0.6 is 0 Å². The number of amidine groups is 1. The zero-order chi connectivity index (χ0) is 25.5. The topological polar surface area (TPSA) is 75.7 Å². The van der Waals surface area contributed by atoms with Crippen molar-refractivity contribution in [1.82, 2.24) is 0 Å². The quantitative estimate of drug-likeness (QED) is 0.0771. The molecule has 0 saturated carbocycles. The Hall–Kier alpha value is -1.46. The van der Waals surface area contributed by atoms with Crippen molar-refractivity contribution in [3.63, 3.8) is 0 Å². The first-order valence-corrected chi connectivity index (χ1v) is 14.8. The molecule has 0 fully saturated rings. The van der Waals surface area contributed by atoms with Gasteiger partial charge < -0.3 is 10.8 Å². The van der Waals surface area contributed by atoms with Crippen molar-refractivity contribution in [3.8, 4) is 0 Å². The van der Waals surface area contributed by atoms with E-state index in [1.165, 1.54) is 116 Å². The predicted molar refractivity (Wildman–Crippen MR) is 150 cm³/mol. The van der Waals surface area contributed by atoms with Crippen molar-refractivity contribution in [2.75, 3.05) is 19.6 Å². The molecule has 1 rings (SSSR count). The fraction of sp³-hybridized carbons (Fsp3) is 0.800. The summed E-state index contributed by atoms with van der Waals surface area (Å²) in [5, 5.41) is 9.28. The molecule has 0 radical (unpaired) electrons. The van der Waals surface area contributed by atoms with Crippen LogP contribution in [0.15, 0.2) is 29.5 Å². The fourth-order valence-electron chi connectivity index (χ4n) is 5.03. The molecule has 35 heavy (non-hydrogen) atoms. The van der Waals surface area contributed by atoms with Crippen LogP contribution in [0.1, 0.15) is 135 Å². The van der Waals surface area contributed by atoms with Gasteiger partial charge in [-0.2, -0.15) is 0 Å². The van der Waals surface area contributed by atoms with Crippen LogP contribution in [-0.4, -0.2) is 41.0 Å². The van der Waals surface area contributed by atoms with E-state index < -0.39 is 5.97 Å². The average Bonchev–Trinajstić information content (AvgIpc) is 3.21. The molecule has 3 N–H and O–H groups in total. The average molecular weight is 491 g/mol. The molecule has 0 aromatic heterocycles. The maximum Gasteiger partial charge on any atom is 0.360 e. The lowest BCUT2D eigenvalue weighted by molar-refractivity contribution is -0.778. The van der Waals surface area contributed by atoms with Crippen LogP contribution in [0.25, 0.3) is 0 Å². The number of rotatable bonds is 25. The summed E-state index contributed by atoms with van der Waals surface area (Å²) >= 11 is 0. The molecule has 202 valence electrons. The molecule has 0 aromatic carbocycles. The van der Waals surface area contributed by atoms with Crippen LogP contribution in [0.4, 0.5) is 0 Å². The Bertz CT molecular complexity index is 615. The van der Waals surface area contributed by atoms with Crippen LogP contribution in [-0.2, 0) is 4.79 Å². The van der Waals surface area contributed by atoms with Crippen LogP contribution < -0.4 is 5.73 Å². The van der Waals surface area contributed by atoms with E-state index >= 15 is 0 Å². The minimum atomic E-state index is -0.797. The summed E-state index contributed by atoms with van der Waals surface area (Å²) in [6.07, 6.45) is 34.7. The van der Waals surface area contributed by atoms with Gasteiger partial charge in [0.15, 0.2) is 6.54 Å². The summed E-state index contributed by atoms with van der Waals surface area (Å²) in [7, 11) is 0. The maximum atomic E-state index is 11.3. The first kappa shape index (κ1) is 31.6. The molecule has 1 unspecified atom stereocenters. The zero-order valence-corrected chi connectivity index (χ0v) is 22.9. The number of hydrogen-bond acceptors (Lipinski definition) is 3. The highest BCUT2D eigenvalue weighted by Gasteiger charge is 2.36. The van der Waals surface area contributed by atoms with E-state index in [-0.39, 0.29) is 6.54 Å². The van der Waals surface area contributed by atoms with E-state index in [9.17, 15) is 9.90 Å². The lowest BCUT2D eigenvalue weighted by Gasteiger charge is -2.30. The molecule has 5 nitrogen and oxygen atoms in total. The summed E-state index contributed by atoms with van der Waals surface area (Å²) in [5.74, 6) is 0.169. The molecule has 1 aliphatic rings. The van der Waals surface area contributed by atoms with Crippen molar-refractivity contribution >= 4 is 11.8 Å². The SMILES string of the molecule is CCCC/C=C/CCCCCCCCCCCCCCCCCC1=NC=C[N+]1(CCN)CC(=O)O. The van der Waals surface area contributed by atoms with E-state index in [1.54, 1.807) is 6.20 Å². The smallest absolute Gasteiger partial charge is 0.360 e. The molecule has 5 heteroatoms. The van der Waals surface area contributed by atoms with Gasteiger partial charge >= 0.3 is 5.97 Å². The van der Waals surface area contributed by atoms with Crippen LogP contribution in [0.2, 0.25) is 0 Å². The highest BCUT2D eigenvalue weighted by molar-refractivity contribution is 5.81. The highest BCUT2D eigenvalue weighted by Crippen LogP contribution is 2.21. The van der Waals surface area contributed by atoms with E-state index in [2.05, 4.69) is 24.1 Å². The Labute approximate surface area is 216 Å². The summed E-state index contributed by atoms with van der Waals surface area (Å²) in [6, 6.07) is 0. The molecule has 1 heterocycles. The number of allylic oxidation sites excluding steroid dienone is 2. The van der Waals surface area contributed by atoms with Gasteiger partial charge in [0.25, 0.3) is 0 Å². The Morgan fingerprint density at radius 1 is 0.829 bits per heavy atom. The number of unbranched alkanes of at least 4 members (excludes halogenated alkanes) is 17. The fourth-order valence-corrected chi connectivity index (χ4v) is 5.03. The third kappa shape index (κ3) is 16.0. The zero-order valence-electron chi connectivity index (χ0n) is 22.9. The number of quaternary nitrogens is 1. The number of carboxylic acids is 1. The Kier molecular flexibility index (Phi) is 19.7. The summed E-state index contributed by atoms with van der Waals surface area (Å²) in [4.78, 5) is 15.8. The predicted octanol–water partition coefficient (Wildman–Crippen LogP) is 8.11. The molecule has 1 atom stereocenters. The van der Waals surface area contributed by atoms with E-state index in [0.29, 0.717) is 17.6 Å². The third-order valence-corrected chi connectivity index (χ3v) is 7.20. The van der Waals surface area contributed by atoms with Crippen LogP contribution in [0.5, 0.6) is 0 Å². The normalized spacial score (nSPS) is 17.5. The molecule has 0 spiro atoms. The van der Waals surface area contributed by atoms with Crippen LogP contribution in [0, 0.1) is 0 Å². The first-order valence-electron chi connectivity index (χ1n) is 14.8. The van der Waals surface area contributed by atoms with E-state index in [1.807, 2.05) is 6.20 Å². The molecule has 0 bridgehead atoms. The Morgan fingerprint density at radius 3 is 1.80 bits per heavy atom. The summed E-state index contributed by atoms with van der Waals surface area (Å²) < 4.78 is 0.308. The Balaban J connectivity index is 1.87. The number of aliphatic carboxylic acids is 1. The first-order chi connectivity index (χ1) is 17.1. The van der Waals surface area contributed by atoms with Gasteiger partial charge in [0.2, 0.25) is 5.84 Å². The largest absolute Gasteiger partial charge is 0.477 e. The van der Waals surface area contributed by atoms with Gasteiger partial charge in [0.05, 0.1) is 6.20 Å². The number of aliphatic imine (C=N–C) groups is 1. The molecule has 0 saturated heterocycles. The second kappa shape index (κ2) is 21.8. The molecular weight excluding hydrogens is 434 g/mol. The van der Waals surface area contributed by atoms with Gasteiger partial charge in [0.1, 0.15) is 12.7 Å². The van der Waals surface area contributed by atoms with Crippen molar-refractivity contribution in [2.24, 2.45) is 10.7 Å². The highest BCUT2D eigenvalue weighted by atomic mass is 16.4. The minimum absolute atomic E-state index is 0.0452. The summed E-state index contributed by atoms with van der Waals surface area (Å²) in [6.45, 7) is 3.38. The van der Waals surface area contributed by atoms with Gasteiger partial charge in [-0.3, -0.25) is 0 Å². The van der Waals surface area contributed by atoms with Crippen LogP contribution in [0.3, 0.4) is 0 Å². The van der Waals surface area contributed by atoms with E-state index in [4.69, 9.17) is 5.73 Å². The molecule has 0 amide bonds. The van der Waals surface area contributed by atoms with Crippen molar-refractivity contribution in [1.29, 1.82) is 0 Å². The van der Waals surface area contributed by atoms with Gasteiger partial charge in [-0.1, -0.05) is 115 Å². The summed E-state index contributed by atoms with van der Waals surface area (Å²) in [5.41, 5.74) is 5.74. The number of carbonyl (C=O) groups is 1. The third-order valence-electron chi connectivity index (χ3n) is 7.20. The molecule has 0 aliphatic carbocycles. The van der Waals surface area contributed by atoms with Gasteiger partial charge in [-0.15, -0.1) is 0 Å². The number of carboxylic acid groups (broad SMARTS) is 1. The maximum absolute atomic E-state index is 11.3. The van der Waals surface area contributed by atoms with Crippen molar-refractivity contribution in [3.05, 3.63) is 24.6 Å². The number of nitrogens with zero attached hydrogens (tertiary/aromatic N) is 2. The second-order valence-electron chi connectivity index (χ2n) is 10.4. The van der Waals surface area contributed by atoms with Crippen molar-refractivity contribution in [2.45, 2.75) is 135 Å². The van der Waals surface area contributed by atoms with E-state index in [0.717, 1.165) is 18.7 Å². The van der Waals surface area contributed by atoms with Gasteiger partial charge in [-0.25, -0.2) is 14.3 Å². The Morgan fingerprint density at radius 2 is 1.31 bits per heavy atom. The second-order valence-corrected chi connectivity index (χ2v) is 10.4. The number of nitrogens with two attached hydrogens (primary N) is 1. The lowest BCUT2D eigenvalue weighted by Crippen LogP contribution is -2.52. The molecule has 1 aliphatic heterocycles. The molecular formula is C30H56N3O2+. The minimum Gasteiger partial charge on any atom is -0.477 e. The lowest BCUT2D eigenvalue weighted by atomic mass is 10.0. The van der Waals surface area contributed by atoms with Gasteiger partial charge in [0, 0.05) is 13.0 Å². The number of hydrogen-bond donors (Lipinski definition) is 2. The van der Waals surface area contributed by atoms with Crippen molar-refractivity contribution < 1.29 is 14.4 Å². The van der Waals surface area contributed by atoms with Gasteiger partial charge in [-0.05, 0) is 25.7 Å². The molecule has 0 aromatic rings.